The van der Waals surface area contributed by atoms with Crippen LogP contribution in [0, 0.1) is 37.1 Å². The number of halogens is 7. The molecule has 0 fully saturated rings. The zero-order chi connectivity index (χ0) is 23.1. The van der Waals surface area contributed by atoms with E-state index in [4.69, 9.17) is 0 Å². The van der Waals surface area contributed by atoms with Gasteiger partial charge < -0.3 is 4.57 Å². The van der Waals surface area contributed by atoms with Gasteiger partial charge >= 0.3 is 6.18 Å². The minimum Gasteiger partial charge on any atom is -0.340 e. The van der Waals surface area contributed by atoms with Gasteiger partial charge in [-0.3, -0.25) is 5.43 Å². The molecule has 0 spiro atoms. The number of nitrogens with one attached hydrogen (secondary N) is 1. The normalized spacial score (nSPS) is 12.2. The summed E-state index contributed by atoms with van der Waals surface area (Å²) in [4.78, 5) is 0. The fourth-order valence-corrected chi connectivity index (χ4v) is 3.29. The Morgan fingerprint density at radius 1 is 1.03 bits per heavy atom. The van der Waals surface area contributed by atoms with Gasteiger partial charge in [0, 0.05) is 28.7 Å². The van der Waals surface area contributed by atoms with Crippen molar-refractivity contribution < 1.29 is 30.7 Å². The van der Waals surface area contributed by atoms with E-state index >= 15 is 0 Å². The van der Waals surface area contributed by atoms with Crippen molar-refractivity contribution in [2.75, 3.05) is 5.43 Å². The Hall–Kier alpha value is -3.30. The smallest absolute Gasteiger partial charge is 0.340 e. The third-order valence-electron chi connectivity index (χ3n) is 4.76. The zero-order valence-corrected chi connectivity index (χ0v) is 16.3. The molecule has 31 heavy (non-hydrogen) atoms. The van der Waals surface area contributed by atoms with Crippen molar-refractivity contribution in [2.24, 2.45) is 5.10 Å². The maximum absolute atomic E-state index is 14.0. The molecule has 1 heterocycles. The van der Waals surface area contributed by atoms with E-state index in [1.54, 1.807) is 18.4 Å². The molecular formula is C21H16F7N3. The molecule has 0 saturated heterocycles. The molecule has 1 N–H and O–H groups in total. The van der Waals surface area contributed by atoms with E-state index in [0.29, 0.717) is 12.1 Å². The number of anilines is 1. The van der Waals surface area contributed by atoms with E-state index in [1.807, 2.05) is 29.7 Å². The molecule has 3 rings (SSSR count). The lowest BCUT2D eigenvalue weighted by molar-refractivity contribution is -0.143. The predicted molar refractivity (Wildman–Crippen MR) is 104 cm³/mol. The largest absolute Gasteiger partial charge is 0.422 e. The van der Waals surface area contributed by atoms with Gasteiger partial charge in [-0.25, -0.2) is 17.6 Å². The van der Waals surface area contributed by atoms with E-state index in [9.17, 15) is 30.7 Å². The Kier molecular flexibility index (Phi) is 5.84. The Morgan fingerprint density at radius 3 is 2.19 bits per heavy atom. The molecule has 0 aliphatic carbocycles. The van der Waals surface area contributed by atoms with Crippen molar-refractivity contribution >= 4 is 22.8 Å². The van der Waals surface area contributed by atoms with Crippen molar-refractivity contribution in [1.82, 2.24) is 4.57 Å². The highest BCUT2D eigenvalue weighted by atomic mass is 19.4. The summed E-state index contributed by atoms with van der Waals surface area (Å²) in [6.07, 6.45) is -2.77. The fourth-order valence-electron chi connectivity index (χ4n) is 3.29. The van der Waals surface area contributed by atoms with Gasteiger partial charge in [0.05, 0.1) is 6.21 Å². The van der Waals surface area contributed by atoms with E-state index in [0.717, 1.165) is 22.2 Å². The maximum atomic E-state index is 14.0. The number of rotatable bonds is 5. The topological polar surface area (TPSA) is 29.3 Å². The summed E-state index contributed by atoms with van der Waals surface area (Å²) < 4.78 is 95.5. The summed E-state index contributed by atoms with van der Waals surface area (Å²) in [5.41, 5.74) is 0.684. The lowest BCUT2D eigenvalue weighted by atomic mass is 10.1. The summed E-state index contributed by atoms with van der Waals surface area (Å²) in [5.74, 6) is -9.58. The standard InChI is InChI=1S/C21H16F7N3/c1-4-7-31-11(3)13(12-8-10(2)5-6-14(12)31)9-29-30-20-18(24)16(22)15(21(26,27)28)17(23)19(20)25/h4-6,8-9,30H,1,7H2,2-3H3/b29-9+. The van der Waals surface area contributed by atoms with Gasteiger partial charge in [0.2, 0.25) is 0 Å². The molecular weight excluding hydrogens is 427 g/mol. The van der Waals surface area contributed by atoms with Gasteiger partial charge in [0.1, 0.15) is 11.3 Å². The quantitative estimate of drug-likeness (QED) is 0.158. The molecule has 0 saturated carbocycles. The highest BCUT2D eigenvalue weighted by Crippen LogP contribution is 2.38. The Morgan fingerprint density at radius 2 is 1.65 bits per heavy atom. The van der Waals surface area contributed by atoms with Crippen LogP contribution < -0.4 is 5.43 Å². The lowest BCUT2D eigenvalue weighted by Gasteiger charge is -2.13. The minimum atomic E-state index is -5.61. The van der Waals surface area contributed by atoms with Crippen LogP contribution in [0.4, 0.5) is 36.4 Å². The molecule has 0 bridgehead atoms. The molecule has 3 nitrogen and oxygen atoms in total. The second kappa shape index (κ2) is 8.09. The molecule has 0 amide bonds. The molecule has 0 unspecified atom stereocenters. The molecule has 0 radical (unpaired) electrons. The van der Waals surface area contributed by atoms with Crippen molar-refractivity contribution in [3.8, 4) is 0 Å². The number of aromatic nitrogens is 1. The minimum absolute atomic E-state index is 0.464. The molecule has 2 aromatic carbocycles. The number of nitrogens with zero attached hydrogens (tertiary/aromatic N) is 2. The summed E-state index contributed by atoms with van der Waals surface area (Å²) in [6, 6.07) is 5.60. The van der Waals surface area contributed by atoms with Crippen LogP contribution in [0.15, 0.2) is 36.0 Å². The molecule has 0 aliphatic rings. The summed E-state index contributed by atoms with van der Waals surface area (Å²) >= 11 is 0. The van der Waals surface area contributed by atoms with Crippen LogP contribution >= 0.6 is 0 Å². The summed E-state index contributed by atoms with van der Waals surface area (Å²) in [5, 5.41) is 4.36. The van der Waals surface area contributed by atoms with Crippen LogP contribution in [-0.2, 0) is 12.7 Å². The van der Waals surface area contributed by atoms with Gasteiger partial charge in [0.25, 0.3) is 0 Å². The SMILES string of the molecule is C=CCn1c(C)c(/C=N/Nc2c(F)c(F)c(C(F)(F)F)c(F)c2F)c2cc(C)ccc21. The Bertz CT molecular complexity index is 1180. The van der Waals surface area contributed by atoms with Gasteiger partial charge in [0.15, 0.2) is 23.3 Å². The first-order chi connectivity index (χ1) is 14.5. The number of hydrazone groups is 1. The van der Waals surface area contributed by atoms with Crippen LogP contribution in [0.1, 0.15) is 22.4 Å². The Labute approximate surface area is 172 Å². The lowest BCUT2D eigenvalue weighted by Crippen LogP contribution is -2.16. The number of fused-ring (bicyclic) bond motifs is 1. The molecule has 10 heteroatoms. The number of benzene rings is 2. The first-order valence-electron chi connectivity index (χ1n) is 8.91. The number of hydrogen-bond donors (Lipinski definition) is 1. The van der Waals surface area contributed by atoms with Gasteiger partial charge in [-0.15, -0.1) is 6.58 Å². The van der Waals surface area contributed by atoms with Crippen LogP contribution in [0.3, 0.4) is 0 Å². The van der Waals surface area contributed by atoms with Crippen molar-refractivity contribution in [3.05, 3.63) is 76.5 Å². The predicted octanol–water partition coefficient (Wildman–Crippen LogP) is 6.47. The van der Waals surface area contributed by atoms with Gasteiger partial charge in [-0.05, 0) is 26.0 Å². The third-order valence-corrected chi connectivity index (χ3v) is 4.76. The number of aryl methyl sites for hydroxylation is 1. The molecule has 3 aromatic rings. The van der Waals surface area contributed by atoms with Crippen molar-refractivity contribution in [2.45, 2.75) is 26.6 Å². The van der Waals surface area contributed by atoms with E-state index in [-0.39, 0.29) is 0 Å². The van der Waals surface area contributed by atoms with E-state index < -0.39 is 40.7 Å². The highest BCUT2D eigenvalue weighted by Gasteiger charge is 2.42. The summed E-state index contributed by atoms with van der Waals surface area (Å²) in [6.45, 7) is 7.78. The summed E-state index contributed by atoms with van der Waals surface area (Å²) in [7, 11) is 0. The molecule has 1 aromatic heterocycles. The monoisotopic (exact) mass is 443 g/mol. The first-order valence-corrected chi connectivity index (χ1v) is 8.91. The average Bonchev–Trinajstić information content (AvgIpc) is 2.93. The number of alkyl halides is 3. The molecule has 164 valence electrons. The van der Waals surface area contributed by atoms with E-state index in [1.165, 1.54) is 6.21 Å². The van der Waals surface area contributed by atoms with Crippen LogP contribution in [0.5, 0.6) is 0 Å². The first kappa shape index (κ1) is 22.4. The van der Waals surface area contributed by atoms with Crippen molar-refractivity contribution in [1.29, 1.82) is 0 Å². The fraction of sp³-hybridized carbons (Fsp3) is 0.190. The Balaban J connectivity index is 2.06. The van der Waals surface area contributed by atoms with Gasteiger partial charge in [-0.1, -0.05) is 17.7 Å². The number of hydrogen-bond acceptors (Lipinski definition) is 2. The highest BCUT2D eigenvalue weighted by molar-refractivity contribution is 6.01. The maximum Gasteiger partial charge on any atom is 0.422 e. The third kappa shape index (κ3) is 3.89. The van der Waals surface area contributed by atoms with Crippen LogP contribution in [-0.4, -0.2) is 10.8 Å². The zero-order valence-electron chi connectivity index (χ0n) is 16.3. The van der Waals surface area contributed by atoms with E-state index in [2.05, 4.69) is 11.7 Å². The van der Waals surface area contributed by atoms with Gasteiger partial charge in [-0.2, -0.15) is 18.3 Å². The average molecular weight is 443 g/mol. The van der Waals surface area contributed by atoms with Crippen LogP contribution in [0.2, 0.25) is 0 Å². The van der Waals surface area contributed by atoms with Crippen LogP contribution in [0.25, 0.3) is 10.9 Å². The molecule has 0 atom stereocenters. The molecule has 0 aliphatic heterocycles. The van der Waals surface area contributed by atoms with Crippen molar-refractivity contribution in [3.63, 3.8) is 0 Å². The second-order valence-corrected chi connectivity index (χ2v) is 6.79. The number of allylic oxidation sites excluding steroid dienone is 1. The second-order valence-electron chi connectivity index (χ2n) is 6.79.